The van der Waals surface area contributed by atoms with Crippen LogP contribution >= 0.6 is 0 Å². The van der Waals surface area contributed by atoms with E-state index in [1.165, 1.54) is 18.1 Å². The smallest absolute Gasteiger partial charge is 0.302 e. The minimum atomic E-state index is -0.389. The van der Waals surface area contributed by atoms with Gasteiger partial charge in [0, 0.05) is 18.8 Å². The second-order valence-electron chi connectivity index (χ2n) is 15.2. The van der Waals surface area contributed by atoms with Crippen molar-refractivity contribution in [3.8, 4) is 0 Å². The summed E-state index contributed by atoms with van der Waals surface area (Å²) in [6.07, 6.45) is 6.64. The number of esters is 1. The number of rotatable bonds is 5. The van der Waals surface area contributed by atoms with Gasteiger partial charge in [0.05, 0.1) is 11.7 Å². The van der Waals surface area contributed by atoms with Crippen molar-refractivity contribution in [1.82, 2.24) is 0 Å². The number of Topliss-reactive ketones (excluding diaryl/α,β-unsaturated/α-hetero) is 1. The summed E-state index contributed by atoms with van der Waals surface area (Å²) >= 11 is 0. The third-order valence-corrected chi connectivity index (χ3v) is 12.5. The van der Waals surface area contributed by atoms with Crippen LogP contribution in [0.1, 0.15) is 114 Å². The summed E-state index contributed by atoms with van der Waals surface area (Å²) in [6.45, 7) is 19.5. The Hall–Kier alpha value is -1.20. The molecule has 1 aliphatic heterocycles. The molecular formula is C32H50O5. The number of hydrogen-bond acceptors (Lipinski definition) is 5. The van der Waals surface area contributed by atoms with Crippen LogP contribution in [0.25, 0.3) is 0 Å². The lowest BCUT2D eigenvalue weighted by Crippen LogP contribution is -2.65. The SMILES string of the molecule is CC(=O)O[C@H](C[C@@H](C)C1=C2C[C@H](O)[C@H]3[C@@]4(C)CCC(=O)C(C)(C)[C@@H]4CC[C@]3(C)[C@@]2(C)CC1)[C@H]1OC1(C)C. The van der Waals surface area contributed by atoms with Gasteiger partial charge in [0.2, 0.25) is 0 Å². The molecule has 4 aliphatic carbocycles. The lowest BCUT2D eigenvalue weighted by molar-refractivity contribution is -0.208. The van der Waals surface area contributed by atoms with E-state index in [-0.39, 0.29) is 63.4 Å². The third kappa shape index (κ3) is 3.84. The Morgan fingerprint density at radius 1 is 1.08 bits per heavy atom. The van der Waals surface area contributed by atoms with Crippen LogP contribution in [0, 0.1) is 39.4 Å². The number of epoxide rings is 1. The molecule has 5 aliphatic rings. The molecule has 1 N–H and O–H groups in total. The molecule has 208 valence electrons. The molecule has 0 bridgehead atoms. The highest BCUT2D eigenvalue weighted by Gasteiger charge is 2.69. The maximum atomic E-state index is 12.9. The van der Waals surface area contributed by atoms with Gasteiger partial charge in [-0.25, -0.2) is 0 Å². The molecule has 0 amide bonds. The van der Waals surface area contributed by atoms with Gasteiger partial charge in [-0.2, -0.15) is 0 Å². The normalized spacial score (nSPS) is 45.4. The number of aliphatic hydroxyl groups excluding tert-OH is 1. The zero-order chi connectivity index (χ0) is 27.3. The predicted octanol–water partition coefficient (Wildman–Crippen LogP) is 6.41. The standard InChI is InChI=1S/C32H50O5/c1-18(16-23(36-19(2)33)27-29(5,6)37-27)20-10-14-31(8)21(20)17-22(34)26-30(7)13-12-25(35)28(3,4)24(30)11-15-32(26,31)9/h18,22-24,26-27,34H,10-17H2,1-9H3/t18-,22+,23-,24+,26+,27-,30+,31+,32+/m1/s1. The predicted molar refractivity (Wildman–Crippen MR) is 144 cm³/mol. The zero-order valence-corrected chi connectivity index (χ0v) is 24.7. The maximum Gasteiger partial charge on any atom is 0.302 e. The van der Waals surface area contributed by atoms with E-state index in [0.717, 1.165) is 44.9 Å². The van der Waals surface area contributed by atoms with Crippen molar-refractivity contribution in [2.24, 2.45) is 39.4 Å². The van der Waals surface area contributed by atoms with Gasteiger partial charge in [0.25, 0.3) is 0 Å². The number of carbonyl (C=O) groups excluding carboxylic acids is 2. The Kier molecular flexibility index (Phi) is 6.21. The van der Waals surface area contributed by atoms with Crippen LogP contribution in [-0.2, 0) is 19.1 Å². The molecule has 0 aromatic carbocycles. The van der Waals surface area contributed by atoms with Gasteiger partial charge in [-0.1, -0.05) is 52.7 Å². The summed E-state index contributed by atoms with van der Waals surface area (Å²) in [6, 6.07) is 0. The van der Waals surface area contributed by atoms with Gasteiger partial charge in [-0.3, -0.25) is 9.59 Å². The van der Waals surface area contributed by atoms with Gasteiger partial charge in [-0.05, 0) is 92.8 Å². The first-order chi connectivity index (χ1) is 17.0. The molecule has 0 aromatic rings. The highest BCUT2D eigenvalue weighted by Crippen LogP contribution is 2.74. The fourth-order valence-corrected chi connectivity index (χ4v) is 10.4. The first-order valence-corrected chi connectivity index (χ1v) is 14.8. The van der Waals surface area contributed by atoms with Crippen LogP contribution in [0.3, 0.4) is 0 Å². The Morgan fingerprint density at radius 2 is 1.73 bits per heavy atom. The quantitative estimate of drug-likeness (QED) is 0.261. The molecule has 5 rings (SSSR count). The number of ether oxygens (including phenoxy) is 2. The average Bonchev–Trinajstić information content (AvgIpc) is 3.27. The number of carbonyl (C=O) groups is 2. The average molecular weight is 515 g/mol. The topological polar surface area (TPSA) is 76.1 Å². The van der Waals surface area contributed by atoms with Crippen LogP contribution < -0.4 is 0 Å². The molecule has 5 nitrogen and oxygen atoms in total. The highest BCUT2D eigenvalue weighted by atomic mass is 16.6. The number of aliphatic hydroxyl groups is 1. The van der Waals surface area contributed by atoms with Crippen molar-refractivity contribution < 1.29 is 24.2 Å². The minimum Gasteiger partial charge on any atom is -0.460 e. The molecule has 9 atom stereocenters. The van der Waals surface area contributed by atoms with E-state index in [1.807, 2.05) is 0 Å². The van der Waals surface area contributed by atoms with Gasteiger partial charge in [-0.15, -0.1) is 0 Å². The van der Waals surface area contributed by atoms with Crippen LogP contribution in [-0.4, -0.2) is 40.8 Å². The van der Waals surface area contributed by atoms with E-state index in [2.05, 4.69) is 55.4 Å². The second-order valence-corrected chi connectivity index (χ2v) is 15.2. The van der Waals surface area contributed by atoms with E-state index in [4.69, 9.17) is 9.47 Å². The van der Waals surface area contributed by atoms with Gasteiger partial charge < -0.3 is 14.6 Å². The van der Waals surface area contributed by atoms with Crippen molar-refractivity contribution in [2.45, 2.75) is 138 Å². The first kappa shape index (κ1) is 27.4. The molecule has 5 heteroatoms. The van der Waals surface area contributed by atoms with Crippen molar-refractivity contribution in [2.75, 3.05) is 0 Å². The monoisotopic (exact) mass is 514 g/mol. The molecule has 3 saturated carbocycles. The molecule has 37 heavy (non-hydrogen) atoms. The van der Waals surface area contributed by atoms with Crippen molar-refractivity contribution in [3.63, 3.8) is 0 Å². The Bertz CT molecular complexity index is 1020. The summed E-state index contributed by atoms with van der Waals surface area (Å²) in [4.78, 5) is 24.8. The largest absolute Gasteiger partial charge is 0.460 e. The summed E-state index contributed by atoms with van der Waals surface area (Å²) in [5.74, 6) is 0.947. The van der Waals surface area contributed by atoms with E-state index < -0.39 is 0 Å². The van der Waals surface area contributed by atoms with Crippen molar-refractivity contribution in [1.29, 1.82) is 0 Å². The molecule has 0 radical (unpaired) electrons. The Morgan fingerprint density at radius 3 is 2.32 bits per heavy atom. The molecule has 1 heterocycles. The van der Waals surface area contributed by atoms with Crippen LogP contribution in [0.2, 0.25) is 0 Å². The minimum absolute atomic E-state index is 0.0000676. The fourth-order valence-electron chi connectivity index (χ4n) is 10.4. The maximum absolute atomic E-state index is 12.9. The molecule has 0 unspecified atom stereocenters. The number of fused-ring (bicyclic) bond motifs is 5. The van der Waals surface area contributed by atoms with Gasteiger partial charge >= 0.3 is 5.97 Å². The molecule has 4 fully saturated rings. The van der Waals surface area contributed by atoms with E-state index in [1.54, 1.807) is 0 Å². The number of allylic oxidation sites excluding steroid dienone is 1. The fraction of sp³-hybridized carbons (Fsp3) is 0.875. The summed E-state index contributed by atoms with van der Waals surface area (Å²) in [5, 5.41) is 11.9. The van der Waals surface area contributed by atoms with E-state index >= 15 is 0 Å². The van der Waals surface area contributed by atoms with Gasteiger partial charge in [0.1, 0.15) is 18.0 Å². The molecular weight excluding hydrogens is 464 g/mol. The van der Waals surface area contributed by atoms with Crippen LogP contribution in [0.15, 0.2) is 11.1 Å². The third-order valence-electron chi connectivity index (χ3n) is 12.5. The lowest BCUT2D eigenvalue weighted by Gasteiger charge is -2.69. The van der Waals surface area contributed by atoms with Crippen LogP contribution in [0.5, 0.6) is 0 Å². The molecule has 0 spiro atoms. The van der Waals surface area contributed by atoms with E-state index in [0.29, 0.717) is 18.1 Å². The molecule has 0 aromatic heterocycles. The van der Waals surface area contributed by atoms with E-state index in [9.17, 15) is 14.7 Å². The Balaban J connectivity index is 1.46. The summed E-state index contributed by atoms with van der Waals surface area (Å²) in [7, 11) is 0. The second kappa shape index (κ2) is 8.40. The van der Waals surface area contributed by atoms with Gasteiger partial charge in [0.15, 0.2) is 0 Å². The zero-order valence-electron chi connectivity index (χ0n) is 24.7. The van der Waals surface area contributed by atoms with Crippen LogP contribution in [0.4, 0.5) is 0 Å². The number of ketones is 1. The molecule has 1 saturated heterocycles. The highest BCUT2D eigenvalue weighted by molar-refractivity contribution is 5.85. The first-order valence-electron chi connectivity index (χ1n) is 14.8. The summed E-state index contributed by atoms with van der Waals surface area (Å²) < 4.78 is 11.7. The lowest BCUT2D eigenvalue weighted by atomic mass is 9.36. The van der Waals surface area contributed by atoms with Crippen molar-refractivity contribution in [3.05, 3.63) is 11.1 Å². The van der Waals surface area contributed by atoms with Crippen molar-refractivity contribution >= 4 is 11.8 Å². The number of hydrogen-bond donors (Lipinski definition) is 1. The summed E-state index contributed by atoms with van der Waals surface area (Å²) in [5.41, 5.74) is 2.41. The Labute approximate surface area is 224 Å².